The molecule has 5 nitrogen and oxygen atoms in total. The van der Waals surface area contributed by atoms with Crippen LogP contribution in [-0.2, 0) is 11.4 Å². The molecule has 3 aromatic rings. The third-order valence-corrected chi connectivity index (χ3v) is 5.41. The molecule has 30 heavy (non-hydrogen) atoms. The Labute approximate surface area is 192 Å². The molecule has 154 valence electrons. The maximum Gasteiger partial charge on any atom is 0.259 e. The second-order valence-electron chi connectivity index (χ2n) is 6.56. The van der Waals surface area contributed by atoms with Crippen LogP contribution in [0.15, 0.2) is 80.8 Å². The van der Waals surface area contributed by atoms with E-state index in [2.05, 4.69) is 47.7 Å². The van der Waals surface area contributed by atoms with E-state index in [4.69, 9.17) is 4.74 Å². The molecule has 0 radical (unpaired) electrons. The van der Waals surface area contributed by atoms with Crippen molar-refractivity contribution in [2.75, 3.05) is 11.9 Å². The van der Waals surface area contributed by atoms with Gasteiger partial charge in [-0.05, 0) is 74.2 Å². The number of aryl methyl sites for hydroxylation is 1. The minimum Gasteiger partial charge on any atom is -0.488 e. The summed E-state index contributed by atoms with van der Waals surface area (Å²) < 4.78 is 7.66. The molecule has 0 heterocycles. The van der Waals surface area contributed by atoms with E-state index >= 15 is 0 Å². The Morgan fingerprint density at radius 3 is 2.43 bits per heavy atom. The molecule has 3 aromatic carbocycles. The number of rotatable bonds is 8. The zero-order valence-corrected chi connectivity index (χ0v) is 19.5. The number of hydrazone groups is 1. The van der Waals surface area contributed by atoms with Gasteiger partial charge >= 0.3 is 0 Å². The third kappa shape index (κ3) is 6.43. The summed E-state index contributed by atoms with van der Waals surface area (Å²) >= 11 is 7.01. The normalized spacial score (nSPS) is 10.8. The van der Waals surface area contributed by atoms with Crippen LogP contribution in [0.5, 0.6) is 5.75 Å². The fourth-order valence-corrected chi connectivity index (χ4v) is 4.40. The molecule has 3 rings (SSSR count). The molecule has 0 fully saturated rings. The van der Waals surface area contributed by atoms with Crippen molar-refractivity contribution in [3.05, 3.63) is 92.4 Å². The molecule has 0 saturated carbocycles. The first-order valence-electron chi connectivity index (χ1n) is 9.30. The van der Waals surface area contributed by atoms with Crippen molar-refractivity contribution < 1.29 is 9.53 Å². The summed E-state index contributed by atoms with van der Waals surface area (Å²) in [6.45, 7) is 2.55. The molecule has 0 unspecified atom stereocenters. The van der Waals surface area contributed by atoms with Gasteiger partial charge in [0.15, 0.2) is 0 Å². The van der Waals surface area contributed by atoms with Crippen LogP contribution < -0.4 is 15.5 Å². The predicted octanol–water partition coefficient (Wildman–Crippen LogP) is 5.66. The van der Waals surface area contributed by atoms with E-state index in [1.165, 1.54) is 0 Å². The van der Waals surface area contributed by atoms with Crippen LogP contribution in [0, 0.1) is 6.92 Å². The number of halogens is 2. The summed E-state index contributed by atoms with van der Waals surface area (Å²) in [6, 6.07) is 21.5. The Kier molecular flexibility index (Phi) is 8.04. The Bertz CT molecular complexity index is 1020. The first-order chi connectivity index (χ1) is 14.5. The second-order valence-corrected chi connectivity index (χ2v) is 8.27. The number of ether oxygens (including phenoxy) is 1. The number of hydrogen-bond donors (Lipinski definition) is 2. The van der Waals surface area contributed by atoms with E-state index < -0.39 is 0 Å². The van der Waals surface area contributed by atoms with Crippen LogP contribution in [0.2, 0.25) is 0 Å². The Morgan fingerprint density at radius 2 is 1.70 bits per heavy atom. The zero-order valence-electron chi connectivity index (χ0n) is 16.4. The number of carbonyl (C=O) groups excluding carboxylic acids is 1. The van der Waals surface area contributed by atoms with Gasteiger partial charge in [-0.15, -0.1) is 0 Å². The third-order valence-electron chi connectivity index (χ3n) is 4.16. The summed E-state index contributed by atoms with van der Waals surface area (Å²) in [6.07, 6.45) is 1.58. The van der Waals surface area contributed by atoms with Crippen LogP contribution >= 0.6 is 31.9 Å². The Morgan fingerprint density at radius 1 is 1.03 bits per heavy atom. The lowest BCUT2D eigenvalue weighted by Gasteiger charge is -2.11. The fraction of sp³-hybridized carbons (Fsp3) is 0.130. The maximum atomic E-state index is 12.1. The van der Waals surface area contributed by atoms with E-state index in [1.54, 1.807) is 6.21 Å². The summed E-state index contributed by atoms with van der Waals surface area (Å²) in [5, 5.41) is 7.16. The highest BCUT2D eigenvalue weighted by molar-refractivity contribution is 9.11. The molecule has 1 amide bonds. The highest BCUT2D eigenvalue weighted by atomic mass is 79.9. The molecule has 0 atom stereocenters. The van der Waals surface area contributed by atoms with Crippen LogP contribution in [0.3, 0.4) is 0 Å². The largest absolute Gasteiger partial charge is 0.488 e. The molecular formula is C23H21Br2N3O2. The van der Waals surface area contributed by atoms with Gasteiger partial charge in [0.1, 0.15) is 12.4 Å². The predicted molar refractivity (Wildman–Crippen MR) is 128 cm³/mol. The minimum atomic E-state index is -0.256. The summed E-state index contributed by atoms with van der Waals surface area (Å²) in [5.74, 6) is 0.443. The van der Waals surface area contributed by atoms with Gasteiger partial charge in [-0.25, -0.2) is 5.43 Å². The van der Waals surface area contributed by atoms with Crippen LogP contribution in [0.25, 0.3) is 0 Å². The van der Waals surface area contributed by atoms with Crippen LogP contribution in [0.4, 0.5) is 5.69 Å². The van der Waals surface area contributed by atoms with E-state index in [1.807, 2.05) is 73.7 Å². The SMILES string of the molecule is Cc1cc(Br)c(NCC(=O)N/N=C\c2ccccc2OCc2ccccc2)c(Br)c1. The summed E-state index contributed by atoms with van der Waals surface area (Å²) in [4.78, 5) is 12.1. The fourth-order valence-electron chi connectivity index (χ4n) is 2.70. The molecule has 0 spiro atoms. The number of benzene rings is 3. The Balaban J connectivity index is 1.54. The van der Waals surface area contributed by atoms with E-state index in [-0.39, 0.29) is 12.5 Å². The molecule has 0 bridgehead atoms. The number of carbonyl (C=O) groups is 1. The number of hydrogen-bond acceptors (Lipinski definition) is 4. The van der Waals surface area contributed by atoms with E-state index in [9.17, 15) is 4.79 Å². The summed E-state index contributed by atoms with van der Waals surface area (Å²) in [7, 11) is 0. The number of nitrogens with one attached hydrogen (secondary N) is 2. The standard InChI is InChI=1S/C23H21Br2N3O2/c1-16-11-19(24)23(20(25)12-16)26-14-22(29)28-27-13-18-9-5-6-10-21(18)30-15-17-7-3-2-4-8-17/h2-13,26H,14-15H2,1H3,(H,28,29)/b27-13-. The lowest BCUT2D eigenvalue weighted by atomic mass is 10.2. The highest BCUT2D eigenvalue weighted by Crippen LogP contribution is 2.32. The van der Waals surface area contributed by atoms with E-state index in [0.717, 1.165) is 31.3 Å². The minimum absolute atomic E-state index is 0.0871. The summed E-state index contributed by atoms with van der Waals surface area (Å²) in [5.41, 5.74) is 6.33. The average Bonchev–Trinajstić information content (AvgIpc) is 2.73. The van der Waals surface area contributed by atoms with Gasteiger partial charge in [0.05, 0.1) is 18.4 Å². The maximum absolute atomic E-state index is 12.1. The number of anilines is 1. The molecule has 0 aliphatic rings. The lowest BCUT2D eigenvalue weighted by Crippen LogP contribution is -2.26. The molecule has 0 aromatic heterocycles. The number of nitrogens with zero attached hydrogens (tertiary/aromatic N) is 1. The van der Waals surface area contributed by atoms with Gasteiger partial charge in [-0.2, -0.15) is 5.10 Å². The van der Waals surface area contributed by atoms with Crippen molar-refractivity contribution in [3.8, 4) is 5.75 Å². The van der Waals surface area contributed by atoms with Gasteiger partial charge in [0, 0.05) is 14.5 Å². The molecule has 0 aliphatic carbocycles. The highest BCUT2D eigenvalue weighted by Gasteiger charge is 2.08. The van der Waals surface area contributed by atoms with Gasteiger partial charge in [-0.1, -0.05) is 42.5 Å². The van der Waals surface area contributed by atoms with Gasteiger partial charge < -0.3 is 10.1 Å². The van der Waals surface area contributed by atoms with Crippen molar-refractivity contribution in [3.63, 3.8) is 0 Å². The van der Waals surface area contributed by atoms with Crippen molar-refractivity contribution in [2.24, 2.45) is 5.10 Å². The van der Waals surface area contributed by atoms with Crippen LogP contribution in [0.1, 0.15) is 16.7 Å². The van der Waals surface area contributed by atoms with E-state index in [0.29, 0.717) is 12.4 Å². The molecule has 2 N–H and O–H groups in total. The quantitative estimate of drug-likeness (QED) is 0.292. The molecular weight excluding hydrogens is 510 g/mol. The average molecular weight is 531 g/mol. The molecule has 0 saturated heterocycles. The Hall–Kier alpha value is -2.64. The van der Waals surface area contributed by atoms with Gasteiger partial charge in [-0.3, -0.25) is 4.79 Å². The zero-order chi connectivity index (χ0) is 21.3. The van der Waals surface area contributed by atoms with Gasteiger partial charge in [0.25, 0.3) is 5.91 Å². The number of amides is 1. The molecule has 0 aliphatic heterocycles. The first kappa shape index (κ1) is 22.1. The second kappa shape index (κ2) is 10.9. The topological polar surface area (TPSA) is 62.7 Å². The monoisotopic (exact) mass is 529 g/mol. The van der Waals surface area contributed by atoms with Gasteiger partial charge in [0.2, 0.25) is 0 Å². The van der Waals surface area contributed by atoms with Crippen LogP contribution in [-0.4, -0.2) is 18.7 Å². The number of para-hydroxylation sites is 1. The van der Waals surface area contributed by atoms with Crippen molar-refractivity contribution in [1.29, 1.82) is 0 Å². The van der Waals surface area contributed by atoms with Crippen molar-refractivity contribution >= 4 is 49.7 Å². The molecule has 7 heteroatoms. The first-order valence-corrected chi connectivity index (χ1v) is 10.9. The lowest BCUT2D eigenvalue weighted by molar-refractivity contribution is -0.119. The van der Waals surface area contributed by atoms with Crippen molar-refractivity contribution in [2.45, 2.75) is 13.5 Å². The smallest absolute Gasteiger partial charge is 0.259 e. The van der Waals surface area contributed by atoms with Crippen molar-refractivity contribution in [1.82, 2.24) is 5.43 Å².